The highest BCUT2D eigenvalue weighted by molar-refractivity contribution is 9.10. The lowest BCUT2D eigenvalue weighted by molar-refractivity contribution is -0.141. The second-order valence-electron chi connectivity index (χ2n) is 4.19. The number of nitrogens with zero attached hydrogens (tertiary/aromatic N) is 2. The van der Waals surface area contributed by atoms with Crippen LogP contribution in [0.2, 0.25) is 5.15 Å². The first-order chi connectivity index (χ1) is 8.90. The molecule has 0 radical (unpaired) electrons. The van der Waals surface area contributed by atoms with Crippen LogP contribution in [0, 0.1) is 0 Å². The molecule has 1 fully saturated rings. The maximum atomic E-state index is 12.3. The summed E-state index contributed by atoms with van der Waals surface area (Å²) in [5, 5.41) is 18.6. The van der Waals surface area contributed by atoms with Gasteiger partial charge in [0.25, 0.3) is 5.91 Å². The summed E-state index contributed by atoms with van der Waals surface area (Å²) in [5.74, 6) is -1.70. The Morgan fingerprint density at radius 2 is 2.21 bits per heavy atom. The largest absolute Gasteiger partial charge is 0.480 e. The molecule has 2 heterocycles. The number of aliphatic hydroxyl groups excluding tert-OH is 1. The average Bonchev–Trinajstić information content (AvgIpc) is 2.74. The van der Waals surface area contributed by atoms with Crippen LogP contribution < -0.4 is 0 Å². The van der Waals surface area contributed by atoms with Crippen molar-refractivity contribution in [2.24, 2.45) is 0 Å². The number of aromatic nitrogens is 1. The molecule has 0 aromatic carbocycles. The number of carbonyl (C=O) groups excluding carboxylic acids is 1. The Hall–Kier alpha value is -1.18. The maximum absolute atomic E-state index is 12.3. The molecule has 2 atom stereocenters. The highest BCUT2D eigenvalue weighted by Gasteiger charge is 2.39. The molecular formula is C11H10BrClN2O4. The number of carboxylic acids is 1. The van der Waals surface area contributed by atoms with Gasteiger partial charge in [0, 0.05) is 23.6 Å². The van der Waals surface area contributed by atoms with Gasteiger partial charge in [0.15, 0.2) is 0 Å². The molecular weight excluding hydrogens is 339 g/mol. The maximum Gasteiger partial charge on any atom is 0.326 e. The van der Waals surface area contributed by atoms with E-state index in [1.54, 1.807) is 0 Å². The van der Waals surface area contributed by atoms with Gasteiger partial charge in [0.2, 0.25) is 0 Å². The zero-order valence-electron chi connectivity index (χ0n) is 9.58. The second kappa shape index (κ2) is 5.44. The molecule has 1 amide bonds. The predicted octanol–water partition coefficient (Wildman–Crippen LogP) is 1.16. The summed E-state index contributed by atoms with van der Waals surface area (Å²) >= 11 is 9.02. The smallest absolute Gasteiger partial charge is 0.326 e. The van der Waals surface area contributed by atoms with E-state index in [2.05, 4.69) is 20.9 Å². The Bertz CT molecular complexity index is 539. The molecule has 2 N–H and O–H groups in total. The van der Waals surface area contributed by atoms with E-state index in [1.807, 2.05) is 0 Å². The number of likely N-dealkylation sites (tertiary alicyclic amines) is 1. The minimum absolute atomic E-state index is 0.00118. The standard InChI is InChI=1S/C11H10BrClN2O4/c12-5-1-7(9(13)14-3-5)10(17)15-4-6(16)2-8(15)11(18)19/h1,3,6,8,16H,2,4H2,(H,18,19)/t6-,8-/m0/s1. The molecule has 0 unspecified atom stereocenters. The average molecular weight is 350 g/mol. The van der Waals surface area contributed by atoms with Gasteiger partial charge in [-0.1, -0.05) is 11.6 Å². The van der Waals surface area contributed by atoms with Crippen molar-refractivity contribution in [1.29, 1.82) is 0 Å². The molecule has 2 rings (SSSR count). The van der Waals surface area contributed by atoms with Crippen LogP contribution in [0.1, 0.15) is 16.8 Å². The Kier molecular flexibility index (Phi) is 4.07. The van der Waals surface area contributed by atoms with Crippen LogP contribution in [0.15, 0.2) is 16.7 Å². The van der Waals surface area contributed by atoms with E-state index >= 15 is 0 Å². The second-order valence-corrected chi connectivity index (χ2v) is 5.47. The number of β-amino-alcohol motifs (C(OH)–C–C–N with tert-alkyl or cyclic N) is 1. The summed E-state index contributed by atoms with van der Waals surface area (Å²) in [6, 6.07) is 0.430. The van der Waals surface area contributed by atoms with Crippen LogP contribution in [-0.2, 0) is 4.79 Å². The number of hydrogen-bond acceptors (Lipinski definition) is 4. The van der Waals surface area contributed by atoms with Gasteiger partial charge in [-0.15, -0.1) is 0 Å². The monoisotopic (exact) mass is 348 g/mol. The molecule has 0 bridgehead atoms. The van der Waals surface area contributed by atoms with Gasteiger partial charge in [-0.2, -0.15) is 0 Å². The van der Waals surface area contributed by atoms with Crippen LogP contribution >= 0.6 is 27.5 Å². The van der Waals surface area contributed by atoms with E-state index in [9.17, 15) is 14.7 Å². The van der Waals surface area contributed by atoms with Gasteiger partial charge < -0.3 is 15.1 Å². The quantitative estimate of drug-likeness (QED) is 0.782. The summed E-state index contributed by atoms with van der Waals surface area (Å²) in [7, 11) is 0. The van der Waals surface area contributed by atoms with Gasteiger partial charge in [0.05, 0.1) is 11.7 Å². The minimum atomic E-state index is -1.15. The van der Waals surface area contributed by atoms with Gasteiger partial charge >= 0.3 is 5.97 Å². The third-order valence-electron chi connectivity index (χ3n) is 2.86. The van der Waals surface area contributed by atoms with Crippen LogP contribution in [0.25, 0.3) is 0 Å². The molecule has 102 valence electrons. The molecule has 0 aliphatic carbocycles. The molecule has 6 nitrogen and oxygen atoms in total. The topological polar surface area (TPSA) is 90.7 Å². The first kappa shape index (κ1) is 14.2. The lowest BCUT2D eigenvalue weighted by Gasteiger charge is -2.21. The van der Waals surface area contributed by atoms with Crippen molar-refractivity contribution in [2.75, 3.05) is 6.54 Å². The predicted molar refractivity (Wildman–Crippen MR) is 70.0 cm³/mol. The molecule has 0 saturated carbocycles. The number of carbonyl (C=O) groups is 2. The van der Waals surface area contributed by atoms with Crippen molar-refractivity contribution in [2.45, 2.75) is 18.6 Å². The molecule has 1 aromatic heterocycles. The third kappa shape index (κ3) is 2.88. The number of hydrogen-bond donors (Lipinski definition) is 2. The lowest BCUT2D eigenvalue weighted by Crippen LogP contribution is -2.40. The van der Waals surface area contributed by atoms with Crippen molar-refractivity contribution in [1.82, 2.24) is 9.88 Å². The van der Waals surface area contributed by atoms with Gasteiger partial charge in [-0.3, -0.25) is 4.79 Å². The molecule has 1 saturated heterocycles. The van der Waals surface area contributed by atoms with Crippen molar-refractivity contribution < 1.29 is 19.8 Å². The van der Waals surface area contributed by atoms with E-state index in [1.165, 1.54) is 12.3 Å². The Morgan fingerprint density at radius 3 is 2.84 bits per heavy atom. The zero-order chi connectivity index (χ0) is 14.2. The highest BCUT2D eigenvalue weighted by Crippen LogP contribution is 2.25. The van der Waals surface area contributed by atoms with Crippen molar-refractivity contribution >= 4 is 39.4 Å². The fraction of sp³-hybridized carbons (Fsp3) is 0.364. The van der Waals surface area contributed by atoms with Crippen molar-refractivity contribution in [3.8, 4) is 0 Å². The van der Waals surface area contributed by atoms with Crippen LogP contribution in [0.5, 0.6) is 0 Å². The molecule has 0 spiro atoms. The number of halogens is 2. The minimum Gasteiger partial charge on any atom is -0.480 e. The van der Waals surface area contributed by atoms with E-state index in [4.69, 9.17) is 16.7 Å². The molecule has 1 aromatic rings. The number of amides is 1. The van der Waals surface area contributed by atoms with Gasteiger partial charge in [-0.25, -0.2) is 9.78 Å². The summed E-state index contributed by atoms with van der Waals surface area (Å²) in [6.45, 7) is -0.0291. The fourth-order valence-electron chi connectivity index (χ4n) is 2.00. The van der Waals surface area contributed by atoms with E-state index in [-0.39, 0.29) is 23.7 Å². The normalized spacial score (nSPS) is 22.6. The van der Waals surface area contributed by atoms with Crippen molar-refractivity contribution in [3.05, 3.63) is 27.5 Å². The Morgan fingerprint density at radius 1 is 1.53 bits per heavy atom. The lowest BCUT2D eigenvalue weighted by atomic mass is 10.2. The van der Waals surface area contributed by atoms with E-state index in [0.717, 1.165) is 4.90 Å². The number of rotatable bonds is 2. The van der Waals surface area contributed by atoms with Gasteiger partial charge in [-0.05, 0) is 22.0 Å². The summed E-state index contributed by atoms with van der Waals surface area (Å²) in [4.78, 5) is 28.3. The summed E-state index contributed by atoms with van der Waals surface area (Å²) < 4.78 is 0.562. The van der Waals surface area contributed by atoms with E-state index in [0.29, 0.717) is 4.47 Å². The SMILES string of the molecule is O=C(O)[C@@H]1C[C@H](O)CN1C(=O)c1cc(Br)cnc1Cl. The third-order valence-corrected chi connectivity index (χ3v) is 3.60. The molecule has 19 heavy (non-hydrogen) atoms. The first-order valence-corrected chi connectivity index (χ1v) is 6.60. The Labute approximate surface area is 122 Å². The highest BCUT2D eigenvalue weighted by atomic mass is 79.9. The number of aliphatic carboxylic acids is 1. The van der Waals surface area contributed by atoms with Crippen LogP contribution in [-0.4, -0.2) is 50.7 Å². The van der Waals surface area contributed by atoms with E-state index < -0.39 is 24.0 Å². The van der Waals surface area contributed by atoms with Crippen molar-refractivity contribution in [3.63, 3.8) is 0 Å². The summed E-state index contributed by atoms with van der Waals surface area (Å²) in [6.07, 6.45) is 0.608. The van der Waals surface area contributed by atoms with Gasteiger partial charge in [0.1, 0.15) is 11.2 Å². The Balaban J connectivity index is 2.33. The first-order valence-electron chi connectivity index (χ1n) is 5.43. The summed E-state index contributed by atoms with van der Waals surface area (Å²) in [5.41, 5.74) is 0.108. The molecule has 1 aliphatic heterocycles. The molecule has 1 aliphatic rings. The van der Waals surface area contributed by atoms with Crippen LogP contribution in [0.3, 0.4) is 0 Å². The van der Waals surface area contributed by atoms with Crippen LogP contribution in [0.4, 0.5) is 0 Å². The fourth-order valence-corrected chi connectivity index (χ4v) is 2.52. The number of carboxylic acid groups (broad SMARTS) is 1. The number of pyridine rings is 1. The molecule has 8 heteroatoms. The zero-order valence-corrected chi connectivity index (χ0v) is 11.9. The number of aliphatic hydroxyl groups is 1.